The highest BCUT2D eigenvalue weighted by molar-refractivity contribution is 6.10. The lowest BCUT2D eigenvalue weighted by molar-refractivity contribution is -0.141. The Hall–Kier alpha value is -2.46. The summed E-state index contributed by atoms with van der Waals surface area (Å²) in [6.45, 7) is 2.14. The highest BCUT2D eigenvalue weighted by Gasteiger charge is 2.01. The van der Waals surface area contributed by atoms with Crippen LogP contribution >= 0.6 is 0 Å². The molecule has 21 heavy (non-hydrogen) atoms. The van der Waals surface area contributed by atoms with Gasteiger partial charge in [-0.05, 0) is 18.1 Å². The topological polar surface area (TPSA) is 76.2 Å². The second kappa shape index (κ2) is 9.44. The van der Waals surface area contributed by atoms with Crippen molar-refractivity contribution in [3.63, 3.8) is 0 Å². The number of nitrogens with one attached hydrogen (secondary N) is 1. The third-order valence-electron chi connectivity index (χ3n) is 2.60. The van der Waals surface area contributed by atoms with Crippen LogP contribution in [0.25, 0.3) is 0 Å². The van der Waals surface area contributed by atoms with E-state index in [1.165, 1.54) is 0 Å². The van der Waals surface area contributed by atoms with Crippen LogP contribution in [0.5, 0.6) is 0 Å². The van der Waals surface area contributed by atoms with Gasteiger partial charge in [0.1, 0.15) is 0 Å². The van der Waals surface area contributed by atoms with E-state index < -0.39 is 0 Å². The molecule has 0 saturated heterocycles. The Morgan fingerprint density at radius 3 is 1.71 bits per heavy atom. The van der Waals surface area contributed by atoms with E-state index in [1.807, 2.05) is 60.7 Å². The van der Waals surface area contributed by atoms with Crippen LogP contribution in [0.3, 0.4) is 0 Å². The molecule has 0 aliphatic rings. The number of hydrogen-bond acceptors (Lipinski definition) is 4. The van der Waals surface area contributed by atoms with E-state index in [0.717, 1.165) is 11.1 Å². The molecule has 2 aromatic rings. The molecular weight excluding hydrogens is 264 g/mol. The zero-order chi connectivity index (χ0) is 15.5. The van der Waals surface area contributed by atoms with E-state index in [1.54, 1.807) is 6.92 Å². The van der Waals surface area contributed by atoms with E-state index in [4.69, 9.17) is 11.1 Å². The van der Waals surface area contributed by atoms with Crippen LogP contribution < -0.4 is 5.73 Å². The molecule has 4 nitrogen and oxygen atoms in total. The maximum absolute atomic E-state index is 10.1. The van der Waals surface area contributed by atoms with Crippen molar-refractivity contribution in [2.75, 3.05) is 13.2 Å². The number of carbonyl (C=O) groups is 1. The lowest BCUT2D eigenvalue weighted by Crippen LogP contribution is -2.16. The van der Waals surface area contributed by atoms with Crippen LogP contribution in [0.1, 0.15) is 18.1 Å². The lowest BCUT2D eigenvalue weighted by Gasteiger charge is -2.02. The minimum absolute atomic E-state index is 0.0200. The molecule has 0 bridgehead atoms. The maximum Gasteiger partial charge on any atom is 0.319 e. The fourth-order valence-corrected chi connectivity index (χ4v) is 1.60. The minimum Gasteiger partial charge on any atom is -0.465 e. The summed E-state index contributed by atoms with van der Waals surface area (Å²) < 4.78 is 4.43. The molecule has 2 rings (SSSR count). The van der Waals surface area contributed by atoms with E-state index in [2.05, 4.69) is 4.74 Å². The number of carbonyl (C=O) groups excluding carboxylic acids is 1. The third-order valence-corrected chi connectivity index (χ3v) is 2.60. The first-order chi connectivity index (χ1) is 10.2. The Morgan fingerprint density at radius 1 is 1.00 bits per heavy atom. The standard InChI is InChI=1S/C13H11N.C4H9NO2/c14-13(11-7-3-1-4-8-11)12-9-5-2-6-10-12;1-2-7-4(6)3-5/h1-10,14H;2-3,5H2,1H3. The van der Waals surface area contributed by atoms with Gasteiger partial charge < -0.3 is 10.5 Å². The Morgan fingerprint density at radius 2 is 1.43 bits per heavy atom. The van der Waals surface area contributed by atoms with Crippen molar-refractivity contribution in [1.29, 1.82) is 5.41 Å². The lowest BCUT2D eigenvalue weighted by atomic mass is 10.0. The second-order valence-corrected chi connectivity index (χ2v) is 4.12. The van der Waals surface area contributed by atoms with E-state index in [0.29, 0.717) is 12.3 Å². The highest BCUT2D eigenvalue weighted by atomic mass is 16.5. The predicted octanol–water partition coefficient (Wildman–Crippen LogP) is 2.61. The SMILES string of the molecule is CCOC(=O)CN.N=C(c1ccccc1)c1ccccc1. The Balaban J connectivity index is 0.000000270. The largest absolute Gasteiger partial charge is 0.465 e. The van der Waals surface area contributed by atoms with Gasteiger partial charge in [-0.1, -0.05) is 60.7 Å². The molecule has 2 aromatic carbocycles. The van der Waals surface area contributed by atoms with Crippen molar-refractivity contribution in [3.05, 3.63) is 71.8 Å². The molecule has 0 aliphatic carbocycles. The van der Waals surface area contributed by atoms with E-state index >= 15 is 0 Å². The maximum atomic E-state index is 10.1. The van der Waals surface area contributed by atoms with Crippen LogP contribution in [0.2, 0.25) is 0 Å². The number of rotatable bonds is 4. The van der Waals surface area contributed by atoms with Crippen LogP contribution in [0.4, 0.5) is 0 Å². The Kier molecular flexibility index (Phi) is 7.46. The summed E-state index contributed by atoms with van der Waals surface area (Å²) in [5.74, 6) is -0.345. The molecule has 0 heterocycles. The van der Waals surface area contributed by atoms with E-state index in [9.17, 15) is 4.79 Å². The summed E-state index contributed by atoms with van der Waals surface area (Å²) in [4.78, 5) is 10.1. The second-order valence-electron chi connectivity index (χ2n) is 4.12. The third kappa shape index (κ3) is 6.01. The van der Waals surface area contributed by atoms with Gasteiger partial charge in [0.25, 0.3) is 0 Å². The van der Waals surface area contributed by atoms with Crippen LogP contribution in [-0.4, -0.2) is 24.8 Å². The molecule has 0 radical (unpaired) electrons. The summed E-state index contributed by atoms with van der Waals surface area (Å²) in [6, 6.07) is 19.5. The van der Waals surface area contributed by atoms with Gasteiger partial charge in [-0.15, -0.1) is 0 Å². The van der Waals surface area contributed by atoms with Gasteiger partial charge in [-0.2, -0.15) is 0 Å². The average Bonchev–Trinajstić information content (AvgIpc) is 2.56. The van der Waals surface area contributed by atoms with Gasteiger partial charge in [0.05, 0.1) is 18.9 Å². The Bertz CT molecular complexity index is 512. The number of hydrogen-bond donors (Lipinski definition) is 2. The summed E-state index contributed by atoms with van der Waals surface area (Å²) in [7, 11) is 0. The monoisotopic (exact) mass is 284 g/mol. The minimum atomic E-state index is -0.345. The molecule has 0 spiro atoms. The zero-order valence-corrected chi connectivity index (χ0v) is 12.1. The predicted molar refractivity (Wildman–Crippen MR) is 84.5 cm³/mol. The van der Waals surface area contributed by atoms with Gasteiger partial charge >= 0.3 is 5.97 Å². The average molecular weight is 284 g/mol. The van der Waals surface area contributed by atoms with Crippen molar-refractivity contribution >= 4 is 11.7 Å². The fraction of sp³-hybridized carbons (Fsp3) is 0.176. The zero-order valence-electron chi connectivity index (χ0n) is 12.1. The van der Waals surface area contributed by atoms with E-state index in [-0.39, 0.29) is 12.5 Å². The van der Waals surface area contributed by atoms with Crippen molar-refractivity contribution < 1.29 is 9.53 Å². The molecule has 0 unspecified atom stereocenters. The van der Waals surface area contributed by atoms with Gasteiger partial charge in [0.2, 0.25) is 0 Å². The van der Waals surface area contributed by atoms with Crippen LogP contribution in [-0.2, 0) is 9.53 Å². The summed E-state index contributed by atoms with van der Waals surface area (Å²) >= 11 is 0. The molecule has 0 amide bonds. The first-order valence-electron chi connectivity index (χ1n) is 6.74. The molecule has 3 N–H and O–H groups in total. The van der Waals surface area contributed by atoms with Gasteiger partial charge in [-0.3, -0.25) is 10.2 Å². The van der Waals surface area contributed by atoms with Crippen LogP contribution in [0, 0.1) is 5.41 Å². The number of nitrogens with two attached hydrogens (primary N) is 1. The van der Waals surface area contributed by atoms with Gasteiger partial charge in [0, 0.05) is 0 Å². The number of ether oxygens (including phenoxy) is 1. The van der Waals surface area contributed by atoms with Crippen molar-refractivity contribution in [2.45, 2.75) is 6.92 Å². The molecule has 0 aromatic heterocycles. The first kappa shape index (κ1) is 16.6. The molecule has 110 valence electrons. The fourth-order valence-electron chi connectivity index (χ4n) is 1.60. The first-order valence-corrected chi connectivity index (χ1v) is 6.74. The van der Waals surface area contributed by atoms with Crippen molar-refractivity contribution in [1.82, 2.24) is 0 Å². The molecule has 0 fully saturated rings. The summed E-state index contributed by atoms with van der Waals surface area (Å²) in [6.07, 6.45) is 0. The number of benzene rings is 2. The Labute approximate surface area is 125 Å². The smallest absolute Gasteiger partial charge is 0.319 e. The van der Waals surface area contributed by atoms with Crippen molar-refractivity contribution in [2.24, 2.45) is 5.73 Å². The summed E-state index contributed by atoms with van der Waals surface area (Å²) in [5.41, 5.74) is 7.37. The molecular formula is C17H20N2O2. The highest BCUT2D eigenvalue weighted by Crippen LogP contribution is 2.08. The normalized spacial score (nSPS) is 9.24. The number of esters is 1. The quantitative estimate of drug-likeness (QED) is 0.669. The molecule has 0 saturated carbocycles. The molecule has 0 aliphatic heterocycles. The van der Waals surface area contributed by atoms with Crippen molar-refractivity contribution in [3.8, 4) is 0 Å². The molecule has 0 atom stereocenters. The van der Waals surface area contributed by atoms with Crippen LogP contribution in [0.15, 0.2) is 60.7 Å². The molecule has 4 heteroatoms. The van der Waals surface area contributed by atoms with Gasteiger partial charge in [-0.25, -0.2) is 0 Å². The summed E-state index contributed by atoms with van der Waals surface area (Å²) in [5, 5.41) is 7.97. The van der Waals surface area contributed by atoms with Gasteiger partial charge in [0.15, 0.2) is 0 Å².